The lowest BCUT2D eigenvalue weighted by Gasteiger charge is -2.23. The number of thiazole rings is 1. The van der Waals surface area contributed by atoms with E-state index >= 15 is 0 Å². The molecule has 0 saturated carbocycles. The molecule has 0 aromatic carbocycles. The van der Waals surface area contributed by atoms with Crippen molar-refractivity contribution in [3.05, 3.63) is 55.9 Å². The van der Waals surface area contributed by atoms with E-state index in [-0.39, 0.29) is 6.10 Å². The second-order valence-electron chi connectivity index (χ2n) is 6.49. The summed E-state index contributed by atoms with van der Waals surface area (Å²) in [6.07, 6.45) is 2.00. The highest BCUT2D eigenvalue weighted by Crippen LogP contribution is 2.22. The number of thiophene rings is 1. The molecule has 7 heteroatoms. The van der Waals surface area contributed by atoms with Crippen LogP contribution in [0.5, 0.6) is 0 Å². The third-order valence-electron chi connectivity index (χ3n) is 4.50. The van der Waals surface area contributed by atoms with Crippen molar-refractivity contribution in [3.8, 4) is 0 Å². The van der Waals surface area contributed by atoms with Gasteiger partial charge in [0.05, 0.1) is 35.7 Å². The molecule has 132 valence electrons. The highest BCUT2D eigenvalue weighted by Gasteiger charge is 2.23. The lowest BCUT2D eigenvalue weighted by atomic mass is 10.2. The van der Waals surface area contributed by atoms with E-state index in [9.17, 15) is 0 Å². The Morgan fingerprint density at radius 3 is 2.92 bits per heavy atom. The van der Waals surface area contributed by atoms with Gasteiger partial charge in [-0.2, -0.15) is 5.10 Å². The number of nitrogens with zero attached hydrogens (tertiary/aromatic N) is 4. The Hall–Kier alpha value is -1.54. The number of rotatable bonds is 5. The van der Waals surface area contributed by atoms with Crippen LogP contribution in [0.15, 0.2) is 29.1 Å². The van der Waals surface area contributed by atoms with Crippen LogP contribution in [0.3, 0.4) is 0 Å². The fraction of sp³-hybridized carbons (Fsp3) is 0.444. The Labute approximate surface area is 155 Å². The standard InChI is InChI=1S/C18H22N4OS2/c1-13-4-6-24-18(13)10-21-7-16-3-5-19-22(16)9-17(8-21)23-11-15-12-25-14(2)20-15/h3-6,12,17H,7-11H2,1-2H3. The van der Waals surface area contributed by atoms with E-state index in [1.165, 1.54) is 16.1 Å². The van der Waals surface area contributed by atoms with Gasteiger partial charge in [0, 0.05) is 36.1 Å². The van der Waals surface area contributed by atoms with Crippen LogP contribution < -0.4 is 0 Å². The molecule has 4 rings (SSSR count). The Morgan fingerprint density at radius 1 is 1.24 bits per heavy atom. The molecule has 25 heavy (non-hydrogen) atoms. The maximum atomic E-state index is 6.21. The van der Waals surface area contributed by atoms with Crippen LogP contribution in [0.4, 0.5) is 0 Å². The maximum Gasteiger partial charge on any atom is 0.0903 e. The molecule has 4 heterocycles. The smallest absolute Gasteiger partial charge is 0.0903 e. The summed E-state index contributed by atoms with van der Waals surface area (Å²) in [5.41, 5.74) is 3.65. The van der Waals surface area contributed by atoms with Crippen LogP contribution in [0.1, 0.15) is 26.8 Å². The summed E-state index contributed by atoms with van der Waals surface area (Å²) in [5.74, 6) is 0. The van der Waals surface area contributed by atoms with Gasteiger partial charge < -0.3 is 4.74 Å². The van der Waals surface area contributed by atoms with Crippen LogP contribution >= 0.6 is 22.7 Å². The SMILES string of the molecule is Cc1nc(COC2CN(Cc3sccc3C)Cc3ccnn3C2)cs1. The molecule has 0 bridgehead atoms. The van der Waals surface area contributed by atoms with Gasteiger partial charge in [0.15, 0.2) is 0 Å². The lowest BCUT2D eigenvalue weighted by Crippen LogP contribution is -2.32. The predicted molar refractivity (Wildman–Crippen MR) is 101 cm³/mol. The Balaban J connectivity index is 1.47. The Morgan fingerprint density at radius 2 is 2.16 bits per heavy atom. The van der Waals surface area contributed by atoms with Gasteiger partial charge in [-0.15, -0.1) is 22.7 Å². The number of fused-ring (bicyclic) bond motifs is 1. The molecule has 0 aliphatic carbocycles. The zero-order valence-corrected chi connectivity index (χ0v) is 16.1. The quantitative estimate of drug-likeness (QED) is 0.684. The molecular formula is C18H22N4OS2. The fourth-order valence-corrected chi connectivity index (χ4v) is 4.71. The molecule has 3 aromatic rings. The molecule has 0 radical (unpaired) electrons. The normalized spacial score (nSPS) is 18.2. The van der Waals surface area contributed by atoms with Gasteiger partial charge in [0.25, 0.3) is 0 Å². The molecular weight excluding hydrogens is 352 g/mol. The monoisotopic (exact) mass is 374 g/mol. The molecule has 0 N–H and O–H groups in total. The van der Waals surface area contributed by atoms with Crippen LogP contribution in [-0.4, -0.2) is 32.3 Å². The first-order chi connectivity index (χ1) is 12.2. The number of ether oxygens (including phenoxy) is 1. The lowest BCUT2D eigenvalue weighted by molar-refractivity contribution is 0.00607. The molecule has 3 aromatic heterocycles. The fourth-order valence-electron chi connectivity index (χ4n) is 3.16. The third-order valence-corrected chi connectivity index (χ3v) is 6.33. The summed E-state index contributed by atoms with van der Waals surface area (Å²) in [6.45, 7) is 8.36. The summed E-state index contributed by atoms with van der Waals surface area (Å²) >= 11 is 3.51. The number of aryl methyl sites for hydroxylation is 2. The van der Waals surface area contributed by atoms with Gasteiger partial charge in [0.1, 0.15) is 0 Å². The Bertz CT molecular complexity index is 838. The van der Waals surface area contributed by atoms with Crippen molar-refractivity contribution in [2.75, 3.05) is 6.54 Å². The summed E-state index contributed by atoms with van der Waals surface area (Å²) in [7, 11) is 0. The van der Waals surface area contributed by atoms with Crippen LogP contribution in [0.25, 0.3) is 0 Å². The first-order valence-electron chi connectivity index (χ1n) is 8.46. The van der Waals surface area contributed by atoms with E-state index in [0.29, 0.717) is 6.61 Å². The van der Waals surface area contributed by atoms with Gasteiger partial charge in [0.2, 0.25) is 0 Å². The maximum absolute atomic E-state index is 6.21. The second kappa shape index (κ2) is 7.37. The zero-order chi connectivity index (χ0) is 17.2. The first kappa shape index (κ1) is 16.9. The Kier molecular flexibility index (Phi) is 4.98. The van der Waals surface area contributed by atoms with Crippen molar-refractivity contribution in [3.63, 3.8) is 0 Å². The average Bonchev–Trinajstić information content (AvgIpc) is 3.27. The number of aromatic nitrogens is 3. The van der Waals surface area contributed by atoms with Crippen molar-refractivity contribution in [2.45, 2.75) is 46.2 Å². The van der Waals surface area contributed by atoms with Crippen molar-refractivity contribution in [1.29, 1.82) is 0 Å². The molecule has 1 unspecified atom stereocenters. The van der Waals surface area contributed by atoms with Crippen LogP contribution in [-0.2, 0) is 31.0 Å². The first-order valence-corrected chi connectivity index (χ1v) is 10.2. The predicted octanol–water partition coefficient (Wildman–Crippen LogP) is 3.62. The third kappa shape index (κ3) is 4.00. The average molecular weight is 375 g/mol. The molecule has 0 saturated heterocycles. The van der Waals surface area contributed by atoms with Crippen molar-refractivity contribution < 1.29 is 4.74 Å². The van der Waals surface area contributed by atoms with E-state index in [4.69, 9.17) is 4.74 Å². The molecule has 1 aliphatic rings. The van der Waals surface area contributed by atoms with Crippen molar-refractivity contribution >= 4 is 22.7 Å². The van der Waals surface area contributed by atoms with Crippen molar-refractivity contribution in [1.82, 2.24) is 19.7 Å². The summed E-state index contributed by atoms with van der Waals surface area (Å²) in [6, 6.07) is 4.31. The van der Waals surface area contributed by atoms with Gasteiger partial charge in [-0.1, -0.05) is 0 Å². The highest BCUT2D eigenvalue weighted by molar-refractivity contribution is 7.10. The highest BCUT2D eigenvalue weighted by atomic mass is 32.1. The van der Waals surface area contributed by atoms with E-state index in [1.54, 1.807) is 11.3 Å². The molecule has 1 atom stereocenters. The minimum Gasteiger partial charge on any atom is -0.369 e. The zero-order valence-electron chi connectivity index (χ0n) is 14.5. The molecule has 0 amide bonds. The van der Waals surface area contributed by atoms with Crippen molar-refractivity contribution in [2.24, 2.45) is 0 Å². The minimum absolute atomic E-state index is 0.114. The number of hydrogen-bond donors (Lipinski definition) is 0. The second-order valence-corrected chi connectivity index (χ2v) is 8.55. The molecule has 0 spiro atoms. The topological polar surface area (TPSA) is 43.2 Å². The van der Waals surface area contributed by atoms with Gasteiger partial charge in [-0.3, -0.25) is 9.58 Å². The van der Waals surface area contributed by atoms with E-state index in [0.717, 1.165) is 36.9 Å². The minimum atomic E-state index is 0.114. The van der Waals surface area contributed by atoms with Gasteiger partial charge >= 0.3 is 0 Å². The van der Waals surface area contributed by atoms with E-state index in [1.807, 2.05) is 24.5 Å². The van der Waals surface area contributed by atoms with Crippen LogP contribution in [0.2, 0.25) is 0 Å². The van der Waals surface area contributed by atoms with Gasteiger partial charge in [-0.25, -0.2) is 4.98 Å². The summed E-state index contributed by atoms with van der Waals surface area (Å²) in [5, 5.41) is 9.81. The summed E-state index contributed by atoms with van der Waals surface area (Å²) < 4.78 is 8.29. The molecule has 0 fully saturated rings. The summed E-state index contributed by atoms with van der Waals surface area (Å²) in [4.78, 5) is 8.40. The van der Waals surface area contributed by atoms with Crippen LogP contribution in [0, 0.1) is 13.8 Å². The molecule has 5 nitrogen and oxygen atoms in total. The van der Waals surface area contributed by atoms with E-state index < -0.39 is 0 Å². The molecule has 1 aliphatic heterocycles. The number of hydrogen-bond acceptors (Lipinski definition) is 6. The van der Waals surface area contributed by atoms with Gasteiger partial charge in [-0.05, 0) is 36.9 Å². The van der Waals surface area contributed by atoms with E-state index in [2.05, 4.69) is 49.5 Å². The largest absolute Gasteiger partial charge is 0.369 e.